The van der Waals surface area contributed by atoms with E-state index in [0.717, 1.165) is 28.1 Å². The highest BCUT2D eigenvalue weighted by Crippen LogP contribution is 2.37. The number of pyridine rings is 1. The van der Waals surface area contributed by atoms with Gasteiger partial charge in [-0.15, -0.1) is 13.2 Å². The second-order valence-electron chi connectivity index (χ2n) is 8.01. The predicted molar refractivity (Wildman–Crippen MR) is 123 cm³/mol. The first-order valence-electron chi connectivity index (χ1n) is 10.8. The van der Waals surface area contributed by atoms with Crippen molar-refractivity contribution in [2.24, 2.45) is 0 Å². The van der Waals surface area contributed by atoms with E-state index in [-0.39, 0.29) is 5.75 Å². The fourth-order valence-electron chi connectivity index (χ4n) is 4.27. The van der Waals surface area contributed by atoms with Gasteiger partial charge < -0.3 is 19.5 Å². The Morgan fingerprint density at radius 1 is 0.912 bits per heavy atom. The number of aromatic amines is 1. The monoisotopic (exact) mass is 465 g/mol. The molecule has 0 fully saturated rings. The zero-order valence-corrected chi connectivity index (χ0v) is 18.2. The summed E-state index contributed by atoms with van der Waals surface area (Å²) in [6.07, 6.45) is 2.13. The first-order chi connectivity index (χ1) is 16.5. The van der Waals surface area contributed by atoms with Crippen molar-refractivity contribution in [2.45, 2.75) is 19.5 Å². The van der Waals surface area contributed by atoms with E-state index in [2.05, 4.69) is 42.8 Å². The number of hydrogen-bond donors (Lipinski definition) is 1. The van der Waals surface area contributed by atoms with Gasteiger partial charge in [-0.25, -0.2) is 4.98 Å². The molecule has 6 nitrogen and oxygen atoms in total. The normalized spacial score (nSPS) is 14.0. The number of halogens is 3. The molecule has 4 aromatic rings. The average Bonchev–Trinajstić information content (AvgIpc) is 3.27. The van der Waals surface area contributed by atoms with Crippen molar-refractivity contribution in [1.29, 1.82) is 0 Å². The lowest BCUT2D eigenvalue weighted by atomic mass is 10.0. The van der Waals surface area contributed by atoms with Crippen molar-refractivity contribution in [1.82, 2.24) is 15.0 Å². The fourth-order valence-corrected chi connectivity index (χ4v) is 4.27. The highest BCUT2D eigenvalue weighted by atomic mass is 19.4. The number of ether oxygens (including phenoxy) is 1. The van der Waals surface area contributed by atoms with Crippen molar-refractivity contribution >= 4 is 11.4 Å². The number of rotatable bonds is 5. The molecule has 1 N–H and O–H groups in total. The van der Waals surface area contributed by atoms with Crippen LogP contribution in [0.2, 0.25) is 0 Å². The fraction of sp³-hybridized carbons (Fsp3) is 0.200. The lowest BCUT2D eigenvalue weighted by Gasteiger charge is -2.26. The molecule has 0 bridgehead atoms. The first kappa shape index (κ1) is 21.8. The van der Waals surface area contributed by atoms with E-state index in [1.54, 1.807) is 43.1 Å². The van der Waals surface area contributed by atoms with Crippen LogP contribution in [0.25, 0.3) is 11.1 Å². The Labute approximate surface area is 194 Å². The van der Waals surface area contributed by atoms with E-state index in [1.165, 1.54) is 6.07 Å². The van der Waals surface area contributed by atoms with E-state index in [4.69, 9.17) is 0 Å². The Bertz CT molecular complexity index is 1250. The maximum Gasteiger partial charge on any atom is 0.573 e. The number of anilines is 2. The molecule has 0 aliphatic carbocycles. The summed E-state index contributed by atoms with van der Waals surface area (Å²) in [6, 6.07) is 16.4. The number of aromatic nitrogens is 3. The molecule has 2 aromatic carbocycles. The Morgan fingerprint density at radius 3 is 2.50 bits per heavy atom. The van der Waals surface area contributed by atoms with E-state index in [0.29, 0.717) is 31.9 Å². The van der Waals surface area contributed by atoms with Crippen molar-refractivity contribution in [3.05, 3.63) is 90.8 Å². The quantitative estimate of drug-likeness (QED) is 0.428. The second-order valence-corrected chi connectivity index (χ2v) is 8.01. The maximum atomic E-state index is 13.1. The number of nitrogens with one attached hydrogen (secondary N) is 1. The molecular weight excluding hydrogens is 443 g/mol. The topological polar surface area (TPSA) is 57.3 Å². The van der Waals surface area contributed by atoms with Crippen molar-refractivity contribution in [3.63, 3.8) is 0 Å². The Morgan fingerprint density at radius 2 is 1.74 bits per heavy atom. The lowest BCUT2D eigenvalue weighted by Crippen LogP contribution is -2.31. The molecule has 2 aromatic heterocycles. The minimum Gasteiger partial charge on any atom is -0.404 e. The number of nitrogens with zero attached hydrogens (tertiary/aromatic N) is 4. The van der Waals surface area contributed by atoms with Crippen LogP contribution in [0.5, 0.6) is 5.75 Å². The van der Waals surface area contributed by atoms with Crippen LogP contribution in [0.3, 0.4) is 0 Å². The Balaban J connectivity index is 1.54. The third-order valence-corrected chi connectivity index (χ3v) is 5.78. The minimum atomic E-state index is -4.76. The van der Waals surface area contributed by atoms with Gasteiger partial charge in [-0.2, -0.15) is 0 Å². The number of imidazole rings is 1. The number of alkyl halides is 3. The summed E-state index contributed by atoms with van der Waals surface area (Å²) in [5.74, 6) is -0.205. The van der Waals surface area contributed by atoms with E-state index >= 15 is 0 Å². The van der Waals surface area contributed by atoms with Gasteiger partial charge in [-0.1, -0.05) is 18.2 Å². The van der Waals surface area contributed by atoms with Crippen molar-refractivity contribution < 1.29 is 17.9 Å². The zero-order valence-electron chi connectivity index (χ0n) is 18.2. The molecule has 0 saturated carbocycles. The van der Waals surface area contributed by atoms with Crippen molar-refractivity contribution in [2.75, 3.05) is 22.9 Å². The van der Waals surface area contributed by atoms with Crippen LogP contribution in [0.15, 0.2) is 79.5 Å². The molecule has 5 rings (SSSR count). The summed E-state index contributed by atoms with van der Waals surface area (Å²) in [6.45, 7) is 2.18. The molecule has 1 aliphatic rings. The highest BCUT2D eigenvalue weighted by Gasteiger charge is 2.33. The van der Waals surface area contributed by atoms with Crippen LogP contribution < -0.4 is 14.5 Å². The molecule has 0 saturated heterocycles. The summed E-state index contributed by atoms with van der Waals surface area (Å²) < 4.78 is 43.5. The van der Waals surface area contributed by atoms with Gasteiger partial charge in [0.15, 0.2) is 5.75 Å². The summed E-state index contributed by atoms with van der Waals surface area (Å²) in [4.78, 5) is 15.5. The largest absolute Gasteiger partial charge is 0.573 e. The van der Waals surface area contributed by atoms with Gasteiger partial charge >= 0.3 is 6.36 Å². The molecule has 9 heteroatoms. The van der Waals surface area contributed by atoms with Gasteiger partial charge in [0.05, 0.1) is 24.3 Å². The summed E-state index contributed by atoms with van der Waals surface area (Å²) in [7, 11) is 0. The average molecular weight is 465 g/mol. The minimum absolute atomic E-state index is 0.205. The van der Waals surface area contributed by atoms with Crippen LogP contribution in [0.4, 0.5) is 24.5 Å². The molecule has 174 valence electrons. The van der Waals surface area contributed by atoms with Crippen LogP contribution >= 0.6 is 0 Å². The number of para-hydroxylation sites is 2. The maximum absolute atomic E-state index is 13.1. The van der Waals surface area contributed by atoms with Gasteiger partial charge in [0.1, 0.15) is 0 Å². The Hall–Kier alpha value is -4.01. The molecular formula is C25H22F3N5O. The second kappa shape index (κ2) is 9.09. The summed E-state index contributed by atoms with van der Waals surface area (Å²) >= 11 is 0. The molecule has 1 aliphatic heterocycles. The lowest BCUT2D eigenvalue weighted by molar-refractivity contribution is -0.274. The zero-order chi connectivity index (χ0) is 23.5. The Kier molecular flexibility index (Phi) is 5.83. The number of hydrogen-bond acceptors (Lipinski definition) is 5. The van der Waals surface area contributed by atoms with Crippen LogP contribution in [-0.4, -0.2) is 34.4 Å². The standard InChI is InChI=1S/C25H22F3N5O/c26-25(27,28)34-24-4-2-1-3-23(24)32-11-12-33(16-21-14-30-17-31-21)22-6-5-19(13-20(22)15-32)18-7-9-29-10-8-18/h1-10,13-14,17H,11-12,15-16H2,(H,30,31). The molecule has 0 amide bonds. The molecule has 3 heterocycles. The first-order valence-corrected chi connectivity index (χ1v) is 10.8. The van der Waals surface area contributed by atoms with E-state index in [9.17, 15) is 13.2 Å². The molecule has 34 heavy (non-hydrogen) atoms. The number of H-pyrrole nitrogens is 1. The van der Waals surface area contributed by atoms with Crippen LogP contribution in [-0.2, 0) is 13.1 Å². The SMILES string of the molecule is FC(F)(F)Oc1ccccc1N1CCN(Cc2cnc[nH]2)c2ccc(-c3ccncc3)cc2C1. The van der Waals surface area contributed by atoms with Crippen molar-refractivity contribution in [3.8, 4) is 16.9 Å². The summed E-state index contributed by atoms with van der Waals surface area (Å²) in [5.41, 5.74) is 5.44. The van der Waals surface area contributed by atoms with E-state index < -0.39 is 6.36 Å². The van der Waals surface area contributed by atoms with Gasteiger partial charge in [0.25, 0.3) is 0 Å². The third kappa shape index (κ3) is 4.83. The van der Waals surface area contributed by atoms with Gasteiger partial charge in [0, 0.05) is 43.9 Å². The van der Waals surface area contributed by atoms with Crippen LogP contribution in [0.1, 0.15) is 11.3 Å². The number of benzene rings is 2. The highest BCUT2D eigenvalue weighted by molar-refractivity contribution is 5.70. The molecule has 0 radical (unpaired) electrons. The van der Waals surface area contributed by atoms with Gasteiger partial charge in [-0.05, 0) is 53.1 Å². The summed E-state index contributed by atoms with van der Waals surface area (Å²) in [5, 5.41) is 0. The molecule has 0 atom stereocenters. The predicted octanol–water partition coefficient (Wildman–Crippen LogP) is 5.40. The number of fused-ring (bicyclic) bond motifs is 1. The molecule has 0 spiro atoms. The van der Waals surface area contributed by atoms with Crippen LogP contribution in [0, 0.1) is 0 Å². The smallest absolute Gasteiger partial charge is 0.404 e. The van der Waals surface area contributed by atoms with Gasteiger partial charge in [0.2, 0.25) is 0 Å². The third-order valence-electron chi connectivity index (χ3n) is 5.78. The molecule has 0 unspecified atom stereocenters. The van der Waals surface area contributed by atoms with E-state index in [1.807, 2.05) is 17.0 Å². The van der Waals surface area contributed by atoms with Gasteiger partial charge in [-0.3, -0.25) is 4.98 Å².